The van der Waals surface area contributed by atoms with Crippen molar-refractivity contribution in [3.8, 4) is 11.5 Å². The molecule has 1 aliphatic heterocycles. The summed E-state index contributed by atoms with van der Waals surface area (Å²) in [6, 6.07) is 3.27. The number of ether oxygens (including phenoxy) is 1. The molecule has 3 nitrogen and oxygen atoms in total. The molecule has 0 aliphatic carbocycles. The van der Waals surface area contributed by atoms with Gasteiger partial charge in [-0.3, -0.25) is 0 Å². The zero-order chi connectivity index (χ0) is 8.72. The van der Waals surface area contributed by atoms with E-state index < -0.39 is 0 Å². The molecule has 3 N–H and O–H groups in total. The van der Waals surface area contributed by atoms with Gasteiger partial charge in [-0.05, 0) is 34.7 Å². The lowest BCUT2D eigenvalue weighted by molar-refractivity contribution is 0.331. The first-order valence-corrected chi connectivity index (χ1v) is 4.68. The monoisotopic (exact) mass is 277 g/mol. The van der Waals surface area contributed by atoms with Crippen LogP contribution >= 0.6 is 22.6 Å². The third kappa shape index (κ3) is 1.06. The van der Waals surface area contributed by atoms with Crippen LogP contribution in [0.4, 0.5) is 0 Å². The standard InChI is InChI=1S/C8H8INO2/c9-4-1-2-6(11)7-5(10)3-12-8(4)7/h1-2,5,11H,3,10H2. The molecule has 1 atom stereocenters. The number of aromatic hydroxyl groups is 1. The van der Waals surface area contributed by atoms with Gasteiger partial charge in [0.25, 0.3) is 0 Å². The van der Waals surface area contributed by atoms with Crippen molar-refractivity contribution in [3.63, 3.8) is 0 Å². The second kappa shape index (κ2) is 2.77. The van der Waals surface area contributed by atoms with Crippen LogP contribution in [0.1, 0.15) is 11.6 Å². The van der Waals surface area contributed by atoms with Gasteiger partial charge >= 0.3 is 0 Å². The van der Waals surface area contributed by atoms with Crippen molar-refractivity contribution < 1.29 is 9.84 Å². The van der Waals surface area contributed by atoms with Gasteiger partial charge in [-0.15, -0.1) is 0 Å². The van der Waals surface area contributed by atoms with E-state index in [0.29, 0.717) is 6.61 Å². The summed E-state index contributed by atoms with van der Waals surface area (Å²) in [5.74, 6) is 0.971. The Morgan fingerprint density at radius 3 is 3.00 bits per heavy atom. The molecule has 1 unspecified atom stereocenters. The molecule has 4 heteroatoms. The Morgan fingerprint density at radius 1 is 1.58 bits per heavy atom. The van der Waals surface area contributed by atoms with Gasteiger partial charge in [0.05, 0.1) is 15.2 Å². The summed E-state index contributed by atoms with van der Waals surface area (Å²) in [7, 11) is 0. The molecule has 12 heavy (non-hydrogen) atoms. The maximum absolute atomic E-state index is 9.46. The quantitative estimate of drug-likeness (QED) is 0.704. The lowest BCUT2D eigenvalue weighted by Crippen LogP contribution is -2.10. The average molecular weight is 277 g/mol. The maximum atomic E-state index is 9.46. The smallest absolute Gasteiger partial charge is 0.141 e. The number of benzene rings is 1. The topological polar surface area (TPSA) is 55.5 Å². The molecule has 1 aromatic carbocycles. The van der Waals surface area contributed by atoms with Crippen molar-refractivity contribution in [1.29, 1.82) is 0 Å². The minimum Gasteiger partial charge on any atom is -0.507 e. The SMILES string of the molecule is NC1COc2c(I)ccc(O)c21. The fourth-order valence-electron chi connectivity index (χ4n) is 1.32. The summed E-state index contributed by atoms with van der Waals surface area (Å²) < 4.78 is 6.32. The molecule has 1 aliphatic rings. The van der Waals surface area contributed by atoms with Gasteiger partial charge < -0.3 is 15.6 Å². The van der Waals surface area contributed by atoms with E-state index in [2.05, 4.69) is 22.6 Å². The zero-order valence-electron chi connectivity index (χ0n) is 6.25. The van der Waals surface area contributed by atoms with Gasteiger partial charge in [0, 0.05) is 0 Å². The Balaban J connectivity index is 2.64. The van der Waals surface area contributed by atoms with Crippen molar-refractivity contribution in [1.82, 2.24) is 0 Å². The molecule has 0 spiro atoms. The van der Waals surface area contributed by atoms with Crippen LogP contribution in [0.3, 0.4) is 0 Å². The number of phenolic OH excluding ortho intramolecular Hbond substituents is 1. The Bertz CT molecular complexity index is 327. The van der Waals surface area contributed by atoms with Gasteiger partial charge in [0.2, 0.25) is 0 Å². The second-order valence-corrected chi connectivity index (χ2v) is 3.89. The summed E-state index contributed by atoms with van der Waals surface area (Å²) in [4.78, 5) is 0. The van der Waals surface area contributed by atoms with Crippen molar-refractivity contribution in [2.75, 3.05) is 6.61 Å². The summed E-state index contributed by atoms with van der Waals surface area (Å²) in [6.07, 6.45) is 0. The number of hydrogen-bond acceptors (Lipinski definition) is 3. The Kier molecular flexibility index (Phi) is 1.88. The zero-order valence-corrected chi connectivity index (χ0v) is 8.41. The minimum atomic E-state index is -0.185. The van der Waals surface area contributed by atoms with Gasteiger partial charge in [0.1, 0.15) is 18.1 Å². The van der Waals surface area contributed by atoms with Crippen LogP contribution < -0.4 is 10.5 Å². The summed E-state index contributed by atoms with van der Waals surface area (Å²) in [5.41, 5.74) is 6.47. The third-order valence-electron chi connectivity index (χ3n) is 1.90. The second-order valence-electron chi connectivity index (χ2n) is 2.73. The van der Waals surface area contributed by atoms with E-state index in [4.69, 9.17) is 10.5 Å². The molecule has 0 amide bonds. The number of hydrogen-bond donors (Lipinski definition) is 2. The fourth-order valence-corrected chi connectivity index (χ4v) is 1.95. The van der Waals surface area contributed by atoms with Gasteiger partial charge in [-0.25, -0.2) is 0 Å². The number of fused-ring (bicyclic) bond motifs is 1. The molecule has 2 rings (SSSR count). The lowest BCUT2D eigenvalue weighted by atomic mass is 10.1. The molecular formula is C8H8INO2. The van der Waals surface area contributed by atoms with E-state index in [0.717, 1.165) is 14.9 Å². The molecule has 64 valence electrons. The molecule has 1 aromatic rings. The summed E-state index contributed by atoms with van der Waals surface area (Å²) in [5, 5.41) is 9.46. The Morgan fingerprint density at radius 2 is 2.33 bits per heavy atom. The normalized spacial score (nSPS) is 20.3. The molecule has 1 heterocycles. The third-order valence-corrected chi connectivity index (χ3v) is 2.75. The first-order chi connectivity index (χ1) is 5.70. The molecule has 0 fully saturated rings. The van der Waals surface area contributed by atoms with E-state index >= 15 is 0 Å². The van der Waals surface area contributed by atoms with Gasteiger partial charge in [-0.1, -0.05) is 0 Å². The average Bonchev–Trinajstić information content (AvgIpc) is 2.42. The molecule has 0 bridgehead atoms. The van der Waals surface area contributed by atoms with E-state index in [-0.39, 0.29) is 11.8 Å². The van der Waals surface area contributed by atoms with Crippen molar-refractivity contribution in [2.45, 2.75) is 6.04 Å². The van der Waals surface area contributed by atoms with Crippen molar-refractivity contribution in [3.05, 3.63) is 21.3 Å². The van der Waals surface area contributed by atoms with Crippen LogP contribution in [0, 0.1) is 3.57 Å². The van der Waals surface area contributed by atoms with Crippen molar-refractivity contribution in [2.24, 2.45) is 5.73 Å². The van der Waals surface area contributed by atoms with Gasteiger partial charge in [0.15, 0.2) is 0 Å². The van der Waals surface area contributed by atoms with Crippen LogP contribution in [0.2, 0.25) is 0 Å². The number of nitrogens with two attached hydrogens (primary N) is 1. The highest BCUT2D eigenvalue weighted by Crippen LogP contribution is 2.40. The highest BCUT2D eigenvalue weighted by Gasteiger charge is 2.26. The largest absolute Gasteiger partial charge is 0.507 e. The first-order valence-electron chi connectivity index (χ1n) is 3.60. The minimum absolute atomic E-state index is 0.185. The highest BCUT2D eigenvalue weighted by molar-refractivity contribution is 14.1. The van der Waals surface area contributed by atoms with E-state index in [1.165, 1.54) is 0 Å². The molecule has 0 radical (unpaired) electrons. The van der Waals surface area contributed by atoms with Crippen LogP contribution in [-0.2, 0) is 0 Å². The first kappa shape index (κ1) is 8.12. The van der Waals surface area contributed by atoms with Crippen LogP contribution in [0.15, 0.2) is 12.1 Å². The fraction of sp³-hybridized carbons (Fsp3) is 0.250. The van der Waals surface area contributed by atoms with E-state index in [1.54, 1.807) is 6.07 Å². The van der Waals surface area contributed by atoms with Gasteiger partial charge in [-0.2, -0.15) is 0 Å². The predicted molar refractivity (Wildman–Crippen MR) is 53.2 cm³/mol. The number of halogens is 1. The molecule has 0 saturated carbocycles. The summed E-state index contributed by atoms with van der Waals surface area (Å²) >= 11 is 2.16. The Labute approximate surface area is 83.7 Å². The van der Waals surface area contributed by atoms with E-state index in [9.17, 15) is 5.11 Å². The highest BCUT2D eigenvalue weighted by atomic mass is 127. The number of phenols is 1. The van der Waals surface area contributed by atoms with Crippen LogP contribution in [0.25, 0.3) is 0 Å². The van der Waals surface area contributed by atoms with Crippen molar-refractivity contribution >= 4 is 22.6 Å². The van der Waals surface area contributed by atoms with E-state index in [1.807, 2.05) is 6.07 Å². The maximum Gasteiger partial charge on any atom is 0.141 e. The molecule has 0 aromatic heterocycles. The molecular weight excluding hydrogens is 269 g/mol. The molecule has 0 saturated heterocycles. The number of rotatable bonds is 0. The van der Waals surface area contributed by atoms with Crippen LogP contribution in [-0.4, -0.2) is 11.7 Å². The predicted octanol–water partition coefficient (Wildman–Crippen LogP) is 1.39. The Hall–Kier alpha value is -0.490. The lowest BCUT2D eigenvalue weighted by Gasteiger charge is -2.04. The van der Waals surface area contributed by atoms with Crippen LogP contribution in [0.5, 0.6) is 11.5 Å². The summed E-state index contributed by atoms with van der Waals surface area (Å²) in [6.45, 7) is 0.461.